The lowest BCUT2D eigenvalue weighted by molar-refractivity contribution is 0.145. The first kappa shape index (κ1) is 7.59. The van der Waals surface area contributed by atoms with Crippen LogP contribution >= 0.6 is 0 Å². The second-order valence-electron chi connectivity index (χ2n) is 1.85. The van der Waals surface area contributed by atoms with Crippen molar-refractivity contribution in [1.82, 2.24) is 5.01 Å². The predicted octanol–water partition coefficient (Wildman–Crippen LogP) is 0.664. The van der Waals surface area contributed by atoms with Gasteiger partial charge in [-0.1, -0.05) is 6.58 Å². The number of hydrazine groups is 1. The predicted molar refractivity (Wildman–Crippen MR) is 31.7 cm³/mol. The summed E-state index contributed by atoms with van der Waals surface area (Å²) < 4.78 is 12.3. The smallest absolute Gasteiger partial charge is 0.186 e. The number of rotatable bonds is 2. The molecular weight excluding hydrogens is 107 g/mol. The fraction of sp³-hybridized carbons (Fsp3) is 0.600. The molecule has 0 aromatic carbocycles. The molecule has 0 aliphatic heterocycles. The van der Waals surface area contributed by atoms with Gasteiger partial charge in [0.05, 0.1) is 0 Å². The summed E-state index contributed by atoms with van der Waals surface area (Å²) in [5.74, 6) is 5.03. The molecule has 0 aromatic rings. The molecule has 0 aliphatic rings. The number of halogens is 1. The van der Waals surface area contributed by atoms with Crippen molar-refractivity contribution < 1.29 is 4.39 Å². The van der Waals surface area contributed by atoms with Crippen LogP contribution in [0.2, 0.25) is 0 Å². The van der Waals surface area contributed by atoms with Crippen molar-refractivity contribution >= 4 is 0 Å². The molecule has 2 nitrogen and oxygen atoms in total. The Bertz CT molecular complexity index is 90.4. The minimum Gasteiger partial charge on any atom is -0.266 e. The molecule has 8 heavy (non-hydrogen) atoms. The van der Waals surface area contributed by atoms with E-state index in [0.717, 1.165) is 5.01 Å². The van der Waals surface area contributed by atoms with Crippen LogP contribution in [0.4, 0.5) is 4.39 Å². The lowest BCUT2D eigenvalue weighted by Gasteiger charge is -2.14. The highest BCUT2D eigenvalue weighted by Gasteiger charge is 2.07. The van der Waals surface area contributed by atoms with Gasteiger partial charge in [-0.25, -0.2) is 9.40 Å². The highest BCUT2D eigenvalue weighted by Crippen LogP contribution is 2.02. The lowest BCUT2D eigenvalue weighted by Crippen LogP contribution is -2.34. The van der Waals surface area contributed by atoms with E-state index in [2.05, 4.69) is 6.58 Å². The number of hydrogen-bond acceptors (Lipinski definition) is 2. The number of alkyl halides is 1. The Balaban J connectivity index is 3.64. The molecule has 0 fully saturated rings. The van der Waals surface area contributed by atoms with Gasteiger partial charge in [0.1, 0.15) is 0 Å². The Kier molecular flexibility index (Phi) is 2.65. The van der Waals surface area contributed by atoms with E-state index in [9.17, 15) is 4.39 Å². The van der Waals surface area contributed by atoms with E-state index in [1.165, 1.54) is 7.05 Å². The highest BCUT2D eigenvalue weighted by molar-refractivity contribution is 4.94. The maximum atomic E-state index is 12.3. The average molecular weight is 118 g/mol. The molecule has 3 heteroatoms. The summed E-state index contributed by atoms with van der Waals surface area (Å²) in [6, 6.07) is 0. The van der Waals surface area contributed by atoms with Crippen LogP contribution in [0.5, 0.6) is 0 Å². The van der Waals surface area contributed by atoms with Gasteiger partial charge in [-0.15, -0.1) is 0 Å². The SMILES string of the molecule is C=C(C)C(F)N(C)N. The number of nitrogens with two attached hydrogens (primary N) is 1. The summed E-state index contributed by atoms with van der Waals surface area (Å²) in [6.07, 6.45) is -1.21. The normalized spacial score (nSPS) is 14.1. The van der Waals surface area contributed by atoms with Gasteiger partial charge in [0.15, 0.2) is 6.30 Å². The molecule has 0 heterocycles. The molecule has 0 saturated heterocycles. The maximum Gasteiger partial charge on any atom is 0.186 e. The zero-order valence-corrected chi connectivity index (χ0v) is 5.19. The second kappa shape index (κ2) is 2.79. The van der Waals surface area contributed by atoms with Crippen LogP contribution in [-0.2, 0) is 0 Å². The number of likely N-dealkylation sites (N-methyl/N-ethyl adjacent to an activating group) is 1. The Hall–Kier alpha value is -0.410. The van der Waals surface area contributed by atoms with Crippen LogP contribution in [0.25, 0.3) is 0 Å². The third kappa shape index (κ3) is 2.04. The molecule has 0 amide bonds. The summed E-state index contributed by atoms with van der Waals surface area (Å²) in [5, 5.41) is 0.975. The van der Waals surface area contributed by atoms with Crippen molar-refractivity contribution in [2.24, 2.45) is 5.84 Å². The van der Waals surface area contributed by atoms with Crippen LogP contribution in [0, 0.1) is 0 Å². The van der Waals surface area contributed by atoms with E-state index in [4.69, 9.17) is 5.84 Å². The molecule has 0 aliphatic carbocycles. The molecule has 0 radical (unpaired) electrons. The minimum atomic E-state index is -1.21. The van der Waals surface area contributed by atoms with Gasteiger partial charge in [-0.3, -0.25) is 5.84 Å². The molecule has 48 valence electrons. The quantitative estimate of drug-likeness (QED) is 0.250. The number of nitrogens with zero attached hydrogens (tertiary/aromatic N) is 1. The third-order valence-corrected chi connectivity index (χ3v) is 0.764. The summed E-state index contributed by atoms with van der Waals surface area (Å²) in [7, 11) is 1.46. The molecule has 0 bridgehead atoms. The largest absolute Gasteiger partial charge is 0.266 e. The summed E-state index contributed by atoms with van der Waals surface area (Å²) in [5.41, 5.74) is 0.426. The van der Waals surface area contributed by atoms with Crippen molar-refractivity contribution in [2.75, 3.05) is 7.05 Å². The van der Waals surface area contributed by atoms with E-state index in [1.807, 2.05) is 0 Å². The molecule has 0 saturated carbocycles. The Morgan fingerprint density at radius 3 is 2.25 bits per heavy atom. The van der Waals surface area contributed by atoms with Crippen molar-refractivity contribution in [1.29, 1.82) is 0 Å². The Morgan fingerprint density at radius 1 is 1.88 bits per heavy atom. The standard InChI is InChI=1S/C5H11FN2/c1-4(2)5(6)8(3)7/h5H,1,7H2,2-3H3. The van der Waals surface area contributed by atoms with Gasteiger partial charge in [-0.2, -0.15) is 0 Å². The fourth-order valence-corrected chi connectivity index (χ4v) is 0.348. The van der Waals surface area contributed by atoms with Crippen molar-refractivity contribution in [3.8, 4) is 0 Å². The van der Waals surface area contributed by atoms with Gasteiger partial charge >= 0.3 is 0 Å². The van der Waals surface area contributed by atoms with Gasteiger partial charge in [0.25, 0.3) is 0 Å². The minimum absolute atomic E-state index is 0.426. The first-order valence-electron chi connectivity index (χ1n) is 2.32. The fourth-order valence-electron chi connectivity index (χ4n) is 0.348. The van der Waals surface area contributed by atoms with Gasteiger partial charge in [0.2, 0.25) is 0 Å². The van der Waals surface area contributed by atoms with E-state index >= 15 is 0 Å². The first-order chi connectivity index (χ1) is 3.55. The topological polar surface area (TPSA) is 29.3 Å². The Labute approximate surface area is 48.7 Å². The van der Waals surface area contributed by atoms with Gasteiger partial charge in [0, 0.05) is 7.05 Å². The van der Waals surface area contributed by atoms with E-state index in [0.29, 0.717) is 5.57 Å². The van der Waals surface area contributed by atoms with Crippen molar-refractivity contribution in [3.63, 3.8) is 0 Å². The van der Waals surface area contributed by atoms with Crippen LogP contribution < -0.4 is 5.84 Å². The summed E-state index contributed by atoms with van der Waals surface area (Å²) in [6.45, 7) is 4.97. The molecular formula is C5H11FN2. The van der Waals surface area contributed by atoms with E-state index in [1.54, 1.807) is 6.92 Å². The molecule has 0 aromatic heterocycles. The zero-order valence-electron chi connectivity index (χ0n) is 5.19. The highest BCUT2D eigenvalue weighted by atomic mass is 19.1. The molecule has 1 atom stereocenters. The lowest BCUT2D eigenvalue weighted by atomic mass is 10.3. The molecule has 0 rings (SSSR count). The zero-order chi connectivity index (χ0) is 6.73. The van der Waals surface area contributed by atoms with Crippen LogP contribution in [0.3, 0.4) is 0 Å². The van der Waals surface area contributed by atoms with Crippen LogP contribution in [0.15, 0.2) is 12.2 Å². The molecule has 0 spiro atoms. The monoisotopic (exact) mass is 118 g/mol. The third-order valence-electron chi connectivity index (χ3n) is 0.764. The van der Waals surface area contributed by atoms with Gasteiger partial charge in [-0.05, 0) is 12.5 Å². The van der Waals surface area contributed by atoms with Crippen molar-refractivity contribution in [3.05, 3.63) is 12.2 Å². The maximum absolute atomic E-state index is 12.3. The van der Waals surface area contributed by atoms with E-state index < -0.39 is 6.30 Å². The average Bonchev–Trinajstić information content (AvgIpc) is 1.64. The summed E-state index contributed by atoms with van der Waals surface area (Å²) >= 11 is 0. The van der Waals surface area contributed by atoms with Crippen LogP contribution in [0.1, 0.15) is 6.92 Å². The van der Waals surface area contributed by atoms with E-state index in [-0.39, 0.29) is 0 Å². The second-order valence-corrected chi connectivity index (χ2v) is 1.85. The Morgan fingerprint density at radius 2 is 2.25 bits per heavy atom. The van der Waals surface area contributed by atoms with Crippen molar-refractivity contribution in [2.45, 2.75) is 13.2 Å². The summed E-state index contributed by atoms with van der Waals surface area (Å²) in [4.78, 5) is 0. The number of hydrogen-bond donors (Lipinski definition) is 1. The first-order valence-corrected chi connectivity index (χ1v) is 2.32. The van der Waals surface area contributed by atoms with Crippen LogP contribution in [-0.4, -0.2) is 18.4 Å². The molecule has 2 N–H and O–H groups in total. The van der Waals surface area contributed by atoms with Gasteiger partial charge < -0.3 is 0 Å². The molecule has 1 unspecified atom stereocenters.